The maximum absolute atomic E-state index is 12.7. The fraction of sp³-hybridized carbons (Fsp3) is 0.632. The van der Waals surface area contributed by atoms with Gasteiger partial charge in [0.2, 0.25) is 17.7 Å². The Labute approximate surface area is 159 Å². The topological polar surface area (TPSA) is 69.7 Å². The maximum Gasteiger partial charge on any atom is 0.225 e. The predicted molar refractivity (Wildman–Crippen MR) is 103 cm³/mol. The Hall–Kier alpha value is -1.89. The molecule has 1 aliphatic rings. The van der Waals surface area contributed by atoms with Gasteiger partial charge in [-0.15, -0.1) is 11.3 Å². The molecule has 0 aromatic carbocycles. The number of likely N-dealkylation sites (tertiary alicyclic amines) is 1. The Bertz CT molecular complexity index is 606. The van der Waals surface area contributed by atoms with Crippen LogP contribution in [0, 0.1) is 5.92 Å². The van der Waals surface area contributed by atoms with Crippen molar-refractivity contribution >= 4 is 29.1 Å². The Morgan fingerprint density at radius 3 is 2.42 bits per heavy atom. The molecule has 1 N–H and O–H groups in total. The predicted octanol–water partition coefficient (Wildman–Crippen LogP) is 2.42. The van der Waals surface area contributed by atoms with Crippen LogP contribution in [-0.4, -0.2) is 53.7 Å². The lowest BCUT2D eigenvalue weighted by molar-refractivity contribution is -0.140. The third-order valence-electron chi connectivity index (χ3n) is 4.91. The molecule has 1 atom stereocenters. The van der Waals surface area contributed by atoms with Crippen molar-refractivity contribution in [3.8, 4) is 0 Å². The van der Waals surface area contributed by atoms with Crippen molar-refractivity contribution in [2.75, 3.05) is 26.2 Å². The van der Waals surface area contributed by atoms with E-state index < -0.39 is 0 Å². The van der Waals surface area contributed by atoms with Crippen molar-refractivity contribution in [1.82, 2.24) is 15.1 Å². The first-order chi connectivity index (χ1) is 12.5. The van der Waals surface area contributed by atoms with Gasteiger partial charge in [-0.3, -0.25) is 14.4 Å². The molecular formula is C19H29N3O3S. The van der Waals surface area contributed by atoms with Crippen LogP contribution in [0.15, 0.2) is 17.5 Å². The van der Waals surface area contributed by atoms with Crippen molar-refractivity contribution in [1.29, 1.82) is 0 Å². The second kappa shape index (κ2) is 9.71. The lowest BCUT2D eigenvalue weighted by atomic mass is 9.94. The van der Waals surface area contributed by atoms with Crippen LogP contribution in [0.5, 0.6) is 0 Å². The van der Waals surface area contributed by atoms with Gasteiger partial charge in [0, 0.05) is 43.9 Å². The minimum Gasteiger partial charge on any atom is -0.348 e. The van der Waals surface area contributed by atoms with E-state index in [9.17, 15) is 14.4 Å². The molecule has 1 unspecified atom stereocenters. The lowest BCUT2D eigenvalue weighted by Gasteiger charge is -2.34. The molecule has 144 valence electrons. The molecule has 0 spiro atoms. The van der Waals surface area contributed by atoms with Gasteiger partial charge in [0.15, 0.2) is 0 Å². The van der Waals surface area contributed by atoms with Gasteiger partial charge in [0.1, 0.15) is 0 Å². The number of carbonyl (C=O) groups is 3. The first-order valence-electron chi connectivity index (χ1n) is 9.33. The highest BCUT2D eigenvalue weighted by Crippen LogP contribution is 2.25. The SMILES string of the molecule is CCN(CC)C(=O)C1CCN(C(=O)CC(NC(C)=O)c2cccs2)CC1. The van der Waals surface area contributed by atoms with Gasteiger partial charge >= 0.3 is 0 Å². The van der Waals surface area contributed by atoms with Crippen molar-refractivity contribution in [2.45, 2.75) is 46.1 Å². The third kappa shape index (κ3) is 5.30. The first-order valence-corrected chi connectivity index (χ1v) is 10.2. The molecule has 1 aliphatic heterocycles. The number of thiophene rings is 1. The van der Waals surface area contributed by atoms with Crippen LogP contribution in [0.2, 0.25) is 0 Å². The summed E-state index contributed by atoms with van der Waals surface area (Å²) in [6, 6.07) is 3.58. The number of hydrogen-bond donors (Lipinski definition) is 1. The van der Waals surface area contributed by atoms with E-state index in [1.54, 1.807) is 0 Å². The highest BCUT2D eigenvalue weighted by molar-refractivity contribution is 7.10. The zero-order valence-corrected chi connectivity index (χ0v) is 16.7. The van der Waals surface area contributed by atoms with Crippen LogP contribution < -0.4 is 5.32 Å². The molecule has 2 heterocycles. The molecule has 1 saturated heterocycles. The normalized spacial score (nSPS) is 16.2. The van der Waals surface area contributed by atoms with Gasteiger partial charge in [0.05, 0.1) is 12.5 Å². The van der Waals surface area contributed by atoms with E-state index in [-0.39, 0.29) is 36.1 Å². The number of nitrogens with zero attached hydrogens (tertiary/aromatic N) is 2. The third-order valence-corrected chi connectivity index (χ3v) is 5.90. The van der Waals surface area contributed by atoms with E-state index >= 15 is 0 Å². The number of carbonyl (C=O) groups excluding carboxylic acids is 3. The number of rotatable bonds is 7. The van der Waals surface area contributed by atoms with Crippen molar-refractivity contribution in [3.05, 3.63) is 22.4 Å². The van der Waals surface area contributed by atoms with Crippen molar-refractivity contribution in [3.63, 3.8) is 0 Å². The molecular weight excluding hydrogens is 350 g/mol. The number of amides is 3. The van der Waals surface area contributed by atoms with Gasteiger partial charge in [0.25, 0.3) is 0 Å². The summed E-state index contributed by atoms with van der Waals surface area (Å²) in [6.45, 7) is 8.12. The quantitative estimate of drug-likeness (QED) is 0.791. The monoisotopic (exact) mass is 379 g/mol. The molecule has 7 heteroatoms. The second-order valence-corrected chi connectivity index (χ2v) is 7.62. The van der Waals surface area contributed by atoms with E-state index in [0.717, 1.165) is 18.0 Å². The molecule has 1 fully saturated rings. The summed E-state index contributed by atoms with van der Waals surface area (Å²) in [5.74, 6) is 0.116. The van der Waals surface area contributed by atoms with Gasteiger partial charge in [-0.05, 0) is 38.1 Å². The second-order valence-electron chi connectivity index (χ2n) is 6.64. The summed E-state index contributed by atoms with van der Waals surface area (Å²) in [4.78, 5) is 41.3. The summed E-state index contributed by atoms with van der Waals surface area (Å²) < 4.78 is 0. The van der Waals surface area contributed by atoms with Crippen LogP contribution in [0.4, 0.5) is 0 Å². The highest BCUT2D eigenvalue weighted by Gasteiger charge is 2.30. The lowest BCUT2D eigenvalue weighted by Crippen LogP contribution is -2.45. The highest BCUT2D eigenvalue weighted by atomic mass is 32.1. The van der Waals surface area contributed by atoms with Crippen LogP contribution in [0.25, 0.3) is 0 Å². The smallest absolute Gasteiger partial charge is 0.225 e. The Kier molecular flexibility index (Phi) is 7.63. The van der Waals surface area contributed by atoms with E-state index in [2.05, 4.69) is 5.32 Å². The number of piperidine rings is 1. The average molecular weight is 380 g/mol. The van der Waals surface area contributed by atoms with Gasteiger partial charge in [-0.1, -0.05) is 6.07 Å². The Morgan fingerprint density at radius 2 is 1.92 bits per heavy atom. The molecule has 3 amide bonds. The zero-order chi connectivity index (χ0) is 19.1. The van der Waals surface area contributed by atoms with Gasteiger partial charge < -0.3 is 15.1 Å². The largest absolute Gasteiger partial charge is 0.348 e. The van der Waals surface area contributed by atoms with E-state index in [1.165, 1.54) is 18.3 Å². The van der Waals surface area contributed by atoms with Crippen LogP contribution in [-0.2, 0) is 14.4 Å². The fourth-order valence-electron chi connectivity index (χ4n) is 3.43. The Morgan fingerprint density at radius 1 is 1.27 bits per heavy atom. The zero-order valence-electron chi connectivity index (χ0n) is 15.9. The molecule has 0 bridgehead atoms. The van der Waals surface area contributed by atoms with Crippen LogP contribution in [0.1, 0.15) is 51.0 Å². The molecule has 2 rings (SSSR count). The van der Waals surface area contributed by atoms with Gasteiger partial charge in [-0.2, -0.15) is 0 Å². The maximum atomic E-state index is 12.7. The fourth-order valence-corrected chi connectivity index (χ4v) is 4.21. The molecule has 1 aromatic heterocycles. The van der Waals surface area contributed by atoms with E-state index in [1.807, 2.05) is 41.2 Å². The van der Waals surface area contributed by atoms with Crippen molar-refractivity contribution in [2.24, 2.45) is 5.92 Å². The van der Waals surface area contributed by atoms with Crippen LogP contribution in [0.3, 0.4) is 0 Å². The number of hydrogen-bond acceptors (Lipinski definition) is 4. The van der Waals surface area contributed by atoms with Crippen LogP contribution >= 0.6 is 11.3 Å². The summed E-state index contributed by atoms with van der Waals surface area (Å²) in [6.07, 6.45) is 1.69. The minimum absolute atomic E-state index is 0.0161. The summed E-state index contributed by atoms with van der Waals surface area (Å²) in [5, 5.41) is 4.82. The summed E-state index contributed by atoms with van der Waals surface area (Å²) in [7, 11) is 0. The van der Waals surface area contributed by atoms with E-state index in [0.29, 0.717) is 25.9 Å². The first kappa shape index (κ1) is 20.4. The molecule has 0 saturated carbocycles. The van der Waals surface area contributed by atoms with Crippen molar-refractivity contribution < 1.29 is 14.4 Å². The molecule has 0 aliphatic carbocycles. The Balaban J connectivity index is 1.90. The molecule has 6 nitrogen and oxygen atoms in total. The molecule has 0 radical (unpaired) electrons. The van der Waals surface area contributed by atoms with E-state index in [4.69, 9.17) is 0 Å². The number of nitrogens with one attached hydrogen (secondary N) is 1. The molecule has 26 heavy (non-hydrogen) atoms. The summed E-state index contributed by atoms with van der Waals surface area (Å²) in [5.41, 5.74) is 0. The summed E-state index contributed by atoms with van der Waals surface area (Å²) >= 11 is 1.54. The minimum atomic E-state index is -0.282. The van der Waals surface area contributed by atoms with Gasteiger partial charge in [-0.25, -0.2) is 0 Å². The standard InChI is InChI=1S/C19H29N3O3S/c1-4-21(5-2)19(25)15-8-10-22(11-9-15)18(24)13-16(20-14(3)23)17-7-6-12-26-17/h6-7,12,15-16H,4-5,8-11,13H2,1-3H3,(H,20,23). The average Bonchev–Trinajstić information content (AvgIpc) is 3.16. The molecule has 1 aromatic rings.